The molecule has 0 bridgehead atoms. The Kier molecular flexibility index (Phi) is 4.85. The zero-order valence-corrected chi connectivity index (χ0v) is 12.3. The van der Waals surface area contributed by atoms with Gasteiger partial charge < -0.3 is 10.4 Å². The maximum atomic E-state index is 11.8. The first-order valence-electron chi connectivity index (χ1n) is 7.71. The van der Waals surface area contributed by atoms with Crippen molar-refractivity contribution in [3.8, 4) is 0 Å². The van der Waals surface area contributed by atoms with Crippen LogP contribution >= 0.6 is 0 Å². The third-order valence-corrected chi connectivity index (χ3v) is 4.59. The molecular formula is C15H28N2O2. The number of fused-ring (bicyclic) bond motifs is 1. The van der Waals surface area contributed by atoms with Gasteiger partial charge in [-0.3, -0.25) is 9.69 Å². The van der Waals surface area contributed by atoms with E-state index in [0.29, 0.717) is 18.4 Å². The molecule has 0 aromatic carbocycles. The van der Waals surface area contributed by atoms with Gasteiger partial charge in [-0.25, -0.2) is 0 Å². The lowest BCUT2D eigenvalue weighted by Gasteiger charge is -2.47. The van der Waals surface area contributed by atoms with E-state index in [1.54, 1.807) is 0 Å². The Hall–Kier alpha value is -0.610. The minimum atomic E-state index is -0.441. The molecule has 2 unspecified atom stereocenters. The van der Waals surface area contributed by atoms with Crippen molar-refractivity contribution in [2.24, 2.45) is 11.8 Å². The van der Waals surface area contributed by atoms with Crippen molar-refractivity contribution in [1.82, 2.24) is 10.2 Å². The summed E-state index contributed by atoms with van der Waals surface area (Å²) in [4.78, 5) is 14.0. The summed E-state index contributed by atoms with van der Waals surface area (Å²) in [7, 11) is 0. The Morgan fingerprint density at radius 3 is 2.95 bits per heavy atom. The van der Waals surface area contributed by atoms with E-state index in [1.807, 2.05) is 0 Å². The molecule has 4 heteroatoms. The lowest BCUT2D eigenvalue weighted by atomic mass is 9.71. The lowest BCUT2D eigenvalue weighted by molar-refractivity contribution is -0.127. The van der Waals surface area contributed by atoms with Crippen LogP contribution in [0.4, 0.5) is 0 Å². The summed E-state index contributed by atoms with van der Waals surface area (Å²) in [5, 5.41) is 13.6. The van der Waals surface area contributed by atoms with Gasteiger partial charge in [-0.05, 0) is 25.2 Å². The number of aliphatic hydroxyl groups is 1. The summed E-state index contributed by atoms with van der Waals surface area (Å²) < 4.78 is 0. The molecule has 110 valence electrons. The fraction of sp³-hybridized carbons (Fsp3) is 0.933. The number of amides is 1. The van der Waals surface area contributed by atoms with Crippen molar-refractivity contribution in [1.29, 1.82) is 0 Å². The molecule has 2 aliphatic rings. The standard InChI is InChI=1S/C15H28N2O2/c1-12(2)9-16-14(18)11-17-8-7-15(19)6-4-3-5-13(15)10-17/h12-13,19H,3-11H2,1-2H3,(H,16,18). The first-order valence-corrected chi connectivity index (χ1v) is 7.71. The maximum Gasteiger partial charge on any atom is 0.234 e. The number of likely N-dealkylation sites (tertiary alicyclic amines) is 1. The molecule has 1 aliphatic heterocycles. The third-order valence-electron chi connectivity index (χ3n) is 4.59. The number of hydrogen-bond donors (Lipinski definition) is 2. The van der Waals surface area contributed by atoms with Crippen LogP contribution in [0.1, 0.15) is 46.0 Å². The highest BCUT2D eigenvalue weighted by molar-refractivity contribution is 5.78. The normalized spacial score (nSPS) is 32.1. The number of piperidine rings is 1. The van der Waals surface area contributed by atoms with Gasteiger partial charge in [-0.2, -0.15) is 0 Å². The fourth-order valence-corrected chi connectivity index (χ4v) is 3.36. The molecule has 0 aromatic rings. The minimum Gasteiger partial charge on any atom is -0.390 e. The molecule has 0 aromatic heterocycles. The van der Waals surface area contributed by atoms with E-state index in [2.05, 4.69) is 24.1 Å². The molecule has 2 atom stereocenters. The molecule has 1 aliphatic carbocycles. The highest BCUT2D eigenvalue weighted by Crippen LogP contribution is 2.39. The molecule has 2 fully saturated rings. The molecule has 2 rings (SSSR count). The van der Waals surface area contributed by atoms with Crippen LogP contribution in [0.15, 0.2) is 0 Å². The zero-order valence-electron chi connectivity index (χ0n) is 12.3. The van der Waals surface area contributed by atoms with Crippen LogP contribution in [0.2, 0.25) is 0 Å². The van der Waals surface area contributed by atoms with Gasteiger partial charge in [0, 0.05) is 25.6 Å². The van der Waals surface area contributed by atoms with Crippen LogP contribution in [-0.4, -0.2) is 47.7 Å². The van der Waals surface area contributed by atoms with E-state index in [4.69, 9.17) is 0 Å². The molecule has 1 saturated carbocycles. The van der Waals surface area contributed by atoms with Crippen LogP contribution in [-0.2, 0) is 4.79 Å². The van der Waals surface area contributed by atoms with Gasteiger partial charge in [0.25, 0.3) is 0 Å². The van der Waals surface area contributed by atoms with Crippen LogP contribution < -0.4 is 5.32 Å². The molecular weight excluding hydrogens is 240 g/mol. The molecule has 0 spiro atoms. The Bertz CT molecular complexity index is 319. The van der Waals surface area contributed by atoms with Crippen LogP contribution in [0, 0.1) is 11.8 Å². The topological polar surface area (TPSA) is 52.6 Å². The van der Waals surface area contributed by atoms with E-state index in [1.165, 1.54) is 6.42 Å². The second kappa shape index (κ2) is 6.23. The van der Waals surface area contributed by atoms with E-state index in [9.17, 15) is 9.90 Å². The first kappa shape index (κ1) is 14.8. The first-order chi connectivity index (χ1) is 8.99. The smallest absolute Gasteiger partial charge is 0.234 e. The molecule has 0 radical (unpaired) electrons. The Morgan fingerprint density at radius 1 is 1.42 bits per heavy atom. The van der Waals surface area contributed by atoms with E-state index >= 15 is 0 Å². The molecule has 1 heterocycles. The fourth-order valence-electron chi connectivity index (χ4n) is 3.36. The van der Waals surface area contributed by atoms with Gasteiger partial charge in [0.15, 0.2) is 0 Å². The summed E-state index contributed by atoms with van der Waals surface area (Å²) in [6, 6.07) is 0. The Morgan fingerprint density at radius 2 is 2.21 bits per heavy atom. The molecule has 1 saturated heterocycles. The highest BCUT2D eigenvalue weighted by atomic mass is 16.3. The average molecular weight is 268 g/mol. The monoisotopic (exact) mass is 268 g/mol. The van der Waals surface area contributed by atoms with Gasteiger partial charge in [-0.1, -0.05) is 26.7 Å². The summed E-state index contributed by atoms with van der Waals surface area (Å²) in [5.41, 5.74) is -0.441. The van der Waals surface area contributed by atoms with Crippen molar-refractivity contribution in [2.45, 2.75) is 51.6 Å². The van der Waals surface area contributed by atoms with Crippen molar-refractivity contribution < 1.29 is 9.90 Å². The predicted molar refractivity (Wildman–Crippen MR) is 75.8 cm³/mol. The van der Waals surface area contributed by atoms with E-state index in [-0.39, 0.29) is 5.91 Å². The summed E-state index contributed by atoms with van der Waals surface area (Å²) >= 11 is 0. The molecule has 4 nitrogen and oxygen atoms in total. The quantitative estimate of drug-likeness (QED) is 0.810. The zero-order chi connectivity index (χ0) is 13.9. The lowest BCUT2D eigenvalue weighted by Crippen LogP contribution is -2.54. The Balaban J connectivity index is 1.79. The third kappa shape index (κ3) is 3.93. The number of nitrogens with zero attached hydrogens (tertiary/aromatic N) is 1. The predicted octanol–water partition coefficient (Wildman–Crippen LogP) is 1.39. The summed E-state index contributed by atoms with van der Waals surface area (Å²) in [6.45, 7) is 7.17. The Labute approximate surface area is 116 Å². The molecule has 19 heavy (non-hydrogen) atoms. The van der Waals surface area contributed by atoms with Crippen molar-refractivity contribution >= 4 is 5.91 Å². The van der Waals surface area contributed by atoms with Gasteiger partial charge in [-0.15, -0.1) is 0 Å². The van der Waals surface area contributed by atoms with Crippen molar-refractivity contribution in [3.63, 3.8) is 0 Å². The summed E-state index contributed by atoms with van der Waals surface area (Å²) in [6.07, 6.45) is 5.27. The summed E-state index contributed by atoms with van der Waals surface area (Å²) in [5.74, 6) is 0.983. The van der Waals surface area contributed by atoms with E-state index in [0.717, 1.165) is 45.3 Å². The van der Waals surface area contributed by atoms with Gasteiger partial charge in [0.05, 0.1) is 12.1 Å². The number of hydrogen-bond acceptors (Lipinski definition) is 3. The number of carbonyl (C=O) groups excluding carboxylic acids is 1. The SMILES string of the molecule is CC(C)CNC(=O)CN1CCC2(O)CCCCC2C1. The average Bonchev–Trinajstić information content (AvgIpc) is 2.36. The largest absolute Gasteiger partial charge is 0.390 e. The number of carbonyl (C=O) groups is 1. The minimum absolute atomic E-state index is 0.120. The van der Waals surface area contributed by atoms with Gasteiger partial charge >= 0.3 is 0 Å². The van der Waals surface area contributed by atoms with Crippen LogP contribution in [0.3, 0.4) is 0 Å². The van der Waals surface area contributed by atoms with Crippen molar-refractivity contribution in [2.75, 3.05) is 26.2 Å². The molecule has 1 amide bonds. The second-order valence-corrected chi connectivity index (χ2v) is 6.73. The van der Waals surface area contributed by atoms with Crippen LogP contribution in [0.25, 0.3) is 0 Å². The van der Waals surface area contributed by atoms with Crippen LogP contribution in [0.5, 0.6) is 0 Å². The molecule has 2 N–H and O–H groups in total. The van der Waals surface area contributed by atoms with Gasteiger partial charge in [0.1, 0.15) is 0 Å². The van der Waals surface area contributed by atoms with Gasteiger partial charge in [0.2, 0.25) is 5.91 Å². The number of rotatable bonds is 4. The van der Waals surface area contributed by atoms with E-state index < -0.39 is 5.60 Å². The number of nitrogens with one attached hydrogen (secondary N) is 1. The second-order valence-electron chi connectivity index (χ2n) is 6.73. The highest BCUT2D eigenvalue weighted by Gasteiger charge is 2.42. The van der Waals surface area contributed by atoms with Crippen molar-refractivity contribution in [3.05, 3.63) is 0 Å². The maximum absolute atomic E-state index is 11.8.